The quantitative estimate of drug-likeness (QED) is 0.845. The third-order valence-corrected chi connectivity index (χ3v) is 4.61. The molecule has 0 amide bonds. The highest BCUT2D eigenvalue weighted by atomic mass is 79.9. The number of halogens is 1. The van der Waals surface area contributed by atoms with Gasteiger partial charge >= 0.3 is 5.97 Å². The molecule has 5 heteroatoms. The molecule has 0 aliphatic rings. The number of hydrogen-bond donors (Lipinski definition) is 1. The molecule has 96 valence electrons. The van der Waals surface area contributed by atoms with E-state index in [2.05, 4.69) is 15.9 Å². The van der Waals surface area contributed by atoms with Crippen LogP contribution < -0.4 is 5.73 Å². The molecule has 1 aromatic heterocycles. The van der Waals surface area contributed by atoms with Crippen molar-refractivity contribution < 1.29 is 9.53 Å². The summed E-state index contributed by atoms with van der Waals surface area (Å²) in [7, 11) is 1.41. The molecule has 0 fully saturated rings. The Balaban J connectivity index is 2.64. The van der Waals surface area contributed by atoms with E-state index in [4.69, 9.17) is 10.5 Å². The Labute approximate surface area is 114 Å². The van der Waals surface area contributed by atoms with Gasteiger partial charge in [-0.2, -0.15) is 0 Å². The fourth-order valence-electron chi connectivity index (χ4n) is 1.79. The monoisotopic (exact) mass is 319 g/mol. The van der Waals surface area contributed by atoms with Crippen LogP contribution in [0.5, 0.6) is 0 Å². The van der Waals surface area contributed by atoms with Crippen molar-refractivity contribution in [2.75, 3.05) is 7.11 Å². The number of carbonyl (C=O) groups excluding carboxylic acids is 1. The first-order chi connectivity index (χ1) is 7.85. The molecule has 3 nitrogen and oxygen atoms in total. The van der Waals surface area contributed by atoms with Crippen LogP contribution in [0, 0.1) is 5.41 Å². The lowest BCUT2D eigenvalue weighted by atomic mass is 9.82. The minimum atomic E-state index is -0.188. The molecule has 0 spiro atoms. The molecular formula is C12H18BrNO2S. The van der Waals surface area contributed by atoms with Crippen LogP contribution in [0.25, 0.3) is 0 Å². The topological polar surface area (TPSA) is 52.3 Å². The zero-order valence-corrected chi connectivity index (χ0v) is 12.7. The first-order valence-electron chi connectivity index (χ1n) is 5.41. The summed E-state index contributed by atoms with van der Waals surface area (Å²) in [5.41, 5.74) is 6.02. The van der Waals surface area contributed by atoms with Crippen molar-refractivity contribution in [2.24, 2.45) is 11.1 Å². The van der Waals surface area contributed by atoms with E-state index in [0.717, 1.165) is 15.8 Å². The summed E-state index contributed by atoms with van der Waals surface area (Å²) in [6, 6.07) is 1.94. The van der Waals surface area contributed by atoms with Crippen molar-refractivity contribution in [3.63, 3.8) is 0 Å². The van der Waals surface area contributed by atoms with Gasteiger partial charge in [-0.25, -0.2) is 0 Å². The van der Waals surface area contributed by atoms with Crippen LogP contribution in [0.1, 0.15) is 37.6 Å². The van der Waals surface area contributed by atoms with E-state index < -0.39 is 0 Å². The number of nitrogens with two attached hydrogens (primary N) is 1. The molecule has 1 unspecified atom stereocenters. The molecule has 0 aromatic carbocycles. The molecule has 17 heavy (non-hydrogen) atoms. The van der Waals surface area contributed by atoms with E-state index in [0.29, 0.717) is 6.42 Å². The van der Waals surface area contributed by atoms with Crippen molar-refractivity contribution in [3.8, 4) is 0 Å². The van der Waals surface area contributed by atoms with Gasteiger partial charge < -0.3 is 10.5 Å². The number of rotatable bonds is 5. The summed E-state index contributed by atoms with van der Waals surface area (Å²) in [4.78, 5) is 12.4. The molecule has 1 heterocycles. The molecule has 1 atom stereocenters. The fraction of sp³-hybridized carbons (Fsp3) is 0.583. The van der Waals surface area contributed by atoms with Crippen LogP contribution in [0.3, 0.4) is 0 Å². The molecule has 0 aliphatic carbocycles. The Hall–Kier alpha value is -0.390. The molecular weight excluding hydrogens is 302 g/mol. The summed E-state index contributed by atoms with van der Waals surface area (Å²) in [6.07, 6.45) is 1.14. The lowest BCUT2D eigenvalue weighted by Gasteiger charge is -2.26. The third-order valence-electron chi connectivity index (χ3n) is 2.60. The van der Waals surface area contributed by atoms with Crippen molar-refractivity contribution >= 4 is 33.2 Å². The van der Waals surface area contributed by atoms with Crippen molar-refractivity contribution in [1.29, 1.82) is 0 Å². The fourth-order valence-corrected chi connectivity index (χ4v) is 3.46. The second-order valence-corrected chi connectivity index (χ2v) is 6.66. The van der Waals surface area contributed by atoms with E-state index in [-0.39, 0.29) is 17.4 Å². The zero-order chi connectivity index (χ0) is 13.1. The average molecular weight is 320 g/mol. The Morgan fingerprint density at radius 1 is 1.65 bits per heavy atom. The second kappa shape index (κ2) is 5.98. The van der Waals surface area contributed by atoms with Gasteiger partial charge in [0.1, 0.15) is 0 Å². The van der Waals surface area contributed by atoms with E-state index in [1.165, 1.54) is 7.11 Å². The largest absolute Gasteiger partial charge is 0.469 e. The minimum absolute atomic E-state index is 0.0518. The number of esters is 1. The first-order valence-corrected chi connectivity index (χ1v) is 7.08. The highest BCUT2D eigenvalue weighted by Gasteiger charge is 2.27. The molecule has 0 bridgehead atoms. The van der Waals surface area contributed by atoms with Crippen molar-refractivity contribution in [1.82, 2.24) is 0 Å². The Morgan fingerprint density at radius 3 is 2.76 bits per heavy atom. The van der Waals surface area contributed by atoms with Gasteiger partial charge in [-0.05, 0) is 39.2 Å². The number of hydrogen-bond acceptors (Lipinski definition) is 4. The molecule has 0 aliphatic heterocycles. The molecule has 1 rings (SSSR count). The van der Waals surface area contributed by atoms with Gasteiger partial charge in [0, 0.05) is 15.4 Å². The van der Waals surface area contributed by atoms with E-state index in [1.54, 1.807) is 11.3 Å². The maximum absolute atomic E-state index is 11.3. The number of methoxy groups -OCH3 is 1. The van der Waals surface area contributed by atoms with Crippen LogP contribution in [-0.2, 0) is 9.53 Å². The summed E-state index contributed by atoms with van der Waals surface area (Å²) in [5.74, 6) is -0.188. The standard InChI is InChI=1S/C12H18BrNO2S/c1-12(2,7-10(15)16-3)6-9(14)11-8(13)4-5-17-11/h4-5,9H,6-7,14H2,1-3H3. The average Bonchev–Trinajstić information content (AvgIpc) is 2.62. The highest BCUT2D eigenvalue weighted by Crippen LogP contribution is 2.36. The normalized spacial score (nSPS) is 13.5. The summed E-state index contributed by atoms with van der Waals surface area (Å²) in [5, 5.41) is 2.01. The van der Waals surface area contributed by atoms with Crippen LogP contribution in [0.4, 0.5) is 0 Å². The molecule has 1 aromatic rings. The predicted octanol–water partition coefficient (Wildman–Crippen LogP) is 3.49. The molecule has 0 radical (unpaired) electrons. The zero-order valence-electron chi connectivity index (χ0n) is 10.3. The van der Waals surface area contributed by atoms with Gasteiger partial charge in [0.15, 0.2) is 0 Å². The summed E-state index contributed by atoms with van der Waals surface area (Å²) in [6.45, 7) is 4.07. The van der Waals surface area contributed by atoms with Crippen LogP contribution >= 0.6 is 27.3 Å². The summed E-state index contributed by atoms with van der Waals surface area (Å²) < 4.78 is 5.74. The van der Waals surface area contributed by atoms with Crippen LogP contribution in [0.2, 0.25) is 0 Å². The van der Waals surface area contributed by atoms with Gasteiger partial charge in [-0.1, -0.05) is 13.8 Å². The smallest absolute Gasteiger partial charge is 0.306 e. The van der Waals surface area contributed by atoms with Gasteiger partial charge in [0.25, 0.3) is 0 Å². The third kappa shape index (κ3) is 4.41. The van der Waals surface area contributed by atoms with Crippen LogP contribution in [-0.4, -0.2) is 13.1 Å². The van der Waals surface area contributed by atoms with E-state index in [1.807, 2.05) is 25.3 Å². The highest BCUT2D eigenvalue weighted by molar-refractivity contribution is 9.10. The van der Waals surface area contributed by atoms with Crippen LogP contribution in [0.15, 0.2) is 15.9 Å². The van der Waals surface area contributed by atoms with Crippen molar-refractivity contribution in [3.05, 3.63) is 20.8 Å². The lowest BCUT2D eigenvalue weighted by molar-refractivity contribution is -0.143. The second-order valence-electron chi connectivity index (χ2n) is 4.86. The first kappa shape index (κ1) is 14.7. The number of thiophene rings is 1. The van der Waals surface area contributed by atoms with E-state index >= 15 is 0 Å². The molecule has 0 saturated heterocycles. The summed E-state index contributed by atoms with van der Waals surface area (Å²) >= 11 is 5.11. The van der Waals surface area contributed by atoms with Crippen molar-refractivity contribution in [2.45, 2.75) is 32.7 Å². The Morgan fingerprint density at radius 2 is 2.29 bits per heavy atom. The Bertz CT molecular complexity index is 390. The van der Waals surface area contributed by atoms with Gasteiger partial charge in [-0.3, -0.25) is 4.79 Å². The molecule has 2 N–H and O–H groups in total. The van der Waals surface area contributed by atoms with E-state index in [9.17, 15) is 4.79 Å². The Kier molecular flexibility index (Phi) is 5.16. The minimum Gasteiger partial charge on any atom is -0.469 e. The van der Waals surface area contributed by atoms with Gasteiger partial charge in [0.2, 0.25) is 0 Å². The number of carbonyl (C=O) groups is 1. The molecule has 0 saturated carbocycles. The lowest BCUT2D eigenvalue weighted by Crippen LogP contribution is -2.24. The SMILES string of the molecule is COC(=O)CC(C)(C)CC(N)c1sccc1Br. The van der Waals surface area contributed by atoms with Gasteiger partial charge in [-0.15, -0.1) is 11.3 Å². The maximum atomic E-state index is 11.3. The number of ether oxygens (including phenoxy) is 1. The predicted molar refractivity (Wildman–Crippen MR) is 74.0 cm³/mol. The van der Waals surface area contributed by atoms with Gasteiger partial charge in [0.05, 0.1) is 13.5 Å². The maximum Gasteiger partial charge on any atom is 0.306 e.